The van der Waals surface area contributed by atoms with Gasteiger partial charge in [-0.25, -0.2) is 4.79 Å². The highest BCUT2D eigenvalue weighted by Crippen LogP contribution is 2.41. The second-order valence-corrected chi connectivity index (χ2v) is 8.32. The summed E-state index contributed by atoms with van der Waals surface area (Å²) in [4.78, 5) is 23.6. The summed E-state index contributed by atoms with van der Waals surface area (Å²) in [5.41, 5.74) is 2.80. The molecular formula is C27H26O7. The number of methoxy groups -OCH3 is 2. The lowest BCUT2D eigenvalue weighted by Gasteiger charge is -2.17. The van der Waals surface area contributed by atoms with Gasteiger partial charge in [-0.1, -0.05) is 11.6 Å². The van der Waals surface area contributed by atoms with Crippen LogP contribution >= 0.6 is 0 Å². The van der Waals surface area contributed by atoms with E-state index in [2.05, 4.69) is 0 Å². The van der Waals surface area contributed by atoms with Crippen LogP contribution in [0.1, 0.15) is 43.1 Å². The summed E-state index contributed by atoms with van der Waals surface area (Å²) in [6.07, 6.45) is 2.52. The Balaban J connectivity index is 1.89. The highest BCUT2D eigenvalue weighted by atomic mass is 16.5. The molecule has 2 aromatic heterocycles. The second-order valence-electron chi connectivity index (χ2n) is 8.32. The van der Waals surface area contributed by atoms with Gasteiger partial charge < -0.3 is 23.4 Å². The molecule has 4 rings (SSSR count). The molecule has 0 saturated heterocycles. The lowest BCUT2D eigenvalue weighted by molar-refractivity contribution is -0.140. The van der Waals surface area contributed by atoms with Crippen molar-refractivity contribution in [3.63, 3.8) is 0 Å². The number of phenolic OH excluding ortho intramolecular Hbond substituents is 1. The molecule has 34 heavy (non-hydrogen) atoms. The van der Waals surface area contributed by atoms with Crippen molar-refractivity contribution >= 4 is 27.9 Å². The van der Waals surface area contributed by atoms with E-state index in [9.17, 15) is 14.7 Å². The first-order chi connectivity index (χ1) is 16.3. The van der Waals surface area contributed by atoms with Crippen LogP contribution in [0.5, 0.6) is 11.5 Å². The molecule has 1 N–H and O–H groups in total. The molecule has 1 unspecified atom stereocenters. The van der Waals surface area contributed by atoms with Crippen molar-refractivity contribution in [2.24, 2.45) is 0 Å². The summed E-state index contributed by atoms with van der Waals surface area (Å²) >= 11 is 0. The number of carbonyl (C=O) groups is 1. The van der Waals surface area contributed by atoms with Crippen molar-refractivity contribution in [2.75, 3.05) is 14.2 Å². The van der Waals surface area contributed by atoms with Crippen LogP contribution in [-0.4, -0.2) is 25.3 Å². The fourth-order valence-corrected chi connectivity index (χ4v) is 4.09. The Hall–Kier alpha value is -4.00. The third-order valence-corrected chi connectivity index (χ3v) is 5.69. The Morgan fingerprint density at radius 2 is 1.82 bits per heavy atom. The van der Waals surface area contributed by atoms with Crippen LogP contribution in [-0.2, 0) is 16.0 Å². The molecule has 2 aromatic carbocycles. The molecule has 0 aliphatic carbocycles. The molecule has 4 aromatic rings. The molecule has 0 aliphatic rings. The highest BCUT2D eigenvalue weighted by molar-refractivity contribution is 5.85. The molecule has 0 saturated carbocycles. The molecule has 7 nitrogen and oxygen atoms in total. The predicted molar refractivity (Wildman–Crippen MR) is 129 cm³/mol. The number of fused-ring (bicyclic) bond motifs is 2. The zero-order valence-corrected chi connectivity index (χ0v) is 19.5. The molecule has 1 atom stereocenters. The lowest BCUT2D eigenvalue weighted by Crippen LogP contribution is -2.04. The van der Waals surface area contributed by atoms with E-state index in [-0.39, 0.29) is 18.1 Å². The maximum absolute atomic E-state index is 12.1. The summed E-state index contributed by atoms with van der Waals surface area (Å²) in [6.45, 7) is 3.94. The van der Waals surface area contributed by atoms with E-state index in [0.29, 0.717) is 40.2 Å². The standard InChI is InChI=1S/C27H26O7/c1-15(2)11-19(26-21(31-3)8-5-16-6-10-25(30)34-27(16)26)23-13-18-12-17(7-9-24(29)32-4)20(28)14-22(18)33-23/h5-6,8,10-14,19,28H,7,9H2,1-4H3. The molecule has 0 bridgehead atoms. The van der Waals surface area contributed by atoms with Gasteiger partial charge in [0.1, 0.15) is 28.4 Å². The monoisotopic (exact) mass is 462 g/mol. The van der Waals surface area contributed by atoms with Crippen molar-refractivity contribution in [1.29, 1.82) is 0 Å². The highest BCUT2D eigenvalue weighted by Gasteiger charge is 2.25. The third-order valence-electron chi connectivity index (χ3n) is 5.69. The Labute approximate surface area is 196 Å². The number of rotatable bonds is 7. The maximum atomic E-state index is 12.1. The number of ether oxygens (including phenoxy) is 2. The van der Waals surface area contributed by atoms with Gasteiger partial charge in [-0.3, -0.25) is 4.79 Å². The van der Waals surface area contributed by atoms with Crippen LogP contribution in [0.3, 0.4) is 0 Å². The molecule has 2 heterocycles. The fourth-order valence-electron chi connectivity index (χ4n) is 4.09. The van der Waals surface area contributed by atoms with Crippen molar-refractivity contribution < 1.29 is 28.2 Å². The average molecular weight is 462 g/mol. The van der Waals surface area contributed by atoms with E-state index < -0.39 is 11.5 Å². The number of hydrogen-bond acceptors (Lipinski definition) is 7. The number of carbonyl (C=O) groups excluding carboxylic acids is 1. The Bertz CT molecular complexity index is 1450. The first-order valence-electron chi connectivity index (χ1n) is 10.9. The Morgan fingerprint density at radius 3 is 2.53 bits per heavy atom. The van der Waals surface area contributed by atoms with Crippen LogP contribution < -0.4 is 10.4 Å². The number of hydrogen-bond donors (Lipinski definition) is 1. The number of phenols is 1. The molecule has 7 heteroatoms. The second kappa shape index (κ2) is 9.47. The lowest BCUT2D eigenvalue weighted by atomic mass is 9.91. The van der Waals surface area contributed by atoms with Gasteiger partial charge in [-0.2, -0.15) is 0 Å². The van der Waals surface area contributed by atoms with Crippen molar-refractivity contribution in [3.8, 4) is 11.5 Å². The van der Waals surface area contributed by atoms with Crippen LogP contribution in [0, 0.1) is 0 Å². The maximum Gasteiger partial charge on any atom is 0.336 e. The van der Waals surface area contributed by atoms with E-state index >= 15 is 0 Å². The van der Waals surface area contributed by atoms with E-state index in [1.54, 1.807) is 25.3 Å². The summed E-state index contributed by atoms with van der Waals surface area (Å²) in [5.74, 6) is 0.442. The summed E-state index contributed by atoms with van der Waals surface area (Å²) in [5, 5.41) is 12.0. The molecule has 0 amide bonds. The molecule has 176 valence electrons. The van der Waals surface area contributed by atoms with Crippen molar-refractivity contribution in [3.05, 3.63) is 81.4 Å². The van der Waals surface area contributed by atoms with Gasteiger partial charge in [0.05, 0.1) is 25.7 Å². The normalized spacial score (nSPS) is 12.0. The number of aryl methyl sites for hydroxylation is 1. The first-order valence-corrected chi connectivity index (χ1v) is 10.9. The van der Waals surface area contributed by atoms with Crippen LogP contribution in [0.25, 0.3) is 21.9 Å². The van der Waals surface area contributed by atoms with Crippen molar-refractivity contribution in [1.82, 2.24) is 0 Å². The minimum atomic E-state index is -0.456. The number of aromatic hydroxyl groups is 1. The largest absolute Gasteiger partial charge is 0.508 e. The summed E-state index contributed by atoms with van der Waals surface area (Å²) in [6, 6.07) is 12.0. The van der Waals surface area contributed by atoms with Crippen LogP contribution in [0.15, 0.2) is 67.7 Å². The van der Waals surface area contributed by atoms with Gasteiger partial charge in [-0.05, 0) is 56.2 Å². The average Bonchev–Trinajstić information content (AvgIpc) is 3.22. The number of benzene rings is 2. The van der Waals surface area contributed by atoms with Crippen LogP contribution in [0.2, 0.25) is 0 Å². The minimum Gasteiger partial charge on any atom is -0.508 e. The molecular weight excluding hydrogens is 436 g/mol. The number of esters is 1. The Kier molecular flexibility index (Phi) is 6.45. The molecule has 0 radical (unpaired) electrons. The minimum absolute atomic E-state index is 0.0461. The zero-order chi connectivity index (χ0) is 24.4. The van der Waals surface area contributed by atoms with Crippen molar-refractivity contribution in [2.45, 2.75) is 32.6 Å². The van der Waals surface area contributed by atoms with E-state index in [1.807, 2.05) is 38.1 Å². The SMILES string of the molecule is COC(=O)CCc1cc2cc(C(C=C(C)C)c3c(OC)ccc4ccc(=O)oc34)oc2cc1O. The number of allylic oxidation sites excluding steroid dienone is 2. The van der Waals surface area contributed by atoms with Gasteiger partial charge in [0, 0.05) is 29.3 Å². The fraction of sp³-hybridized carbons (Fsp3) is 0.259. The third kappa shape index (κ3) is 4.55. The zero-order valence-electron chi connectivity index (χ0n) is 19.5. The topological polar surface area (TPSA) is 99.1 Å². The van der Waals surface area contributed by atoms with Gasteiger partial charge in [0.15, 0.2) is 0 Å². The van der Waals surface area contributed by atoms with Gasteiger partial charge in [0.25, 0.3) is 0 Å². The molecule has 0 spiro atoms. The Morgan fingerprint density at radius 1 is 1.06 bits per heavy atom. The van der Waals surface area contributed by atoms with Gasteiger partial charge >= 0.3 is 11.6 Å². The molecule has 0 fully saturated rings. The van der Waals surface area contributed by atoms with Crippen LogP contribution in [0.4, 0.5) is 0 Å². The molecule has 0 aliphatic heterocycles. The quantitative estimate of drug-likeness (QED) is 0.221. The van der Waals surface area contributed by atoms with E-state index in [1.165, 1.54) is 13.2 Å². The van der Waals surface area contributed by atoms with Gasteiger partial charge in [-0.15, -0.1) is 0 Å². The summed E-state index contributed by atoms with van der Waals surface area (Å²) in [7, 11) is 2.90. The van der Waals surface area contributed by atoms with E-state index in [4.69, 9.17) is 18.3 Å². The van der Waals surface area contributed by atoms with Gasteiger partial charge in [0.2, 0.25) is 0 Å². The smallest absolute Gasteiger partial charge is 0.336 e. The first kappa shape index (κ1) is 23.2. The number of furan rings is 1. The predicted octanol–water partition coefficient (Wildman–Crippen LogP) is 5.46. The van der Waals surface area contributed by atoms with E-state index in [0.717, 1.165) is 16.3 Å². The summed E-state index contributed by atoms with van der Waals surface area (Å²) < 4.78 is 22.1.